The van der Waals surface area contributed by atoms with Gasteiger partial charge in [-0.1, -0.05) is 30.3 Å². The van der Waals surface area contributed by atoms with E-state index in [4.69, 9.17) is 0 Å². The van der Waals surface area contributed by atoms with Crippen molar-refractivity contribution in [2.45, 2.75) is 45.7 Å². The van der Waals surface area contributed by atoms with E-state index < -0.39 is 0 Å². The Morgan fingerprint density at radius 2 is 1.92 bits per heavy atom. The Morgan fingerprint density at radius 1 is 1.21 bits per heavy atom. The average Bonchev–Trinajstić information content (AvgIpc) is 2.52. The predicted octanol–water partition coefficient (Wildman–Crippen LogP) is 1.93. The molecular weight excluding hydrogens is 302 g/mol. The lowest BCUT2D eigenvalue weighted by Crippen LogP contribution is -2.48. The van der Waals surface area contributed by atoms with E-state index in [1.165, 1.54) is 5.56 Å². The highest BCUT2D eigenvalue weighted by Gasteiger charge is 2.26. The Kier molecular flexibility index (Phi) is 6.37. The van der Waals surface area contributed by atoms with E-state index in [-0.39, 0.29) is 29.8 Å². The van der Waals surface area contributed by atoms with Gasteiger partial charge in [0.15, 0.2) is 0 Å². The Balaban J connectivity index is 1.79. The highest BCUT2D eigenvalue weighted by atomic mass is 16.2. The molecule has 0 saturated carbocycles. The normalized spacial score (nSPS) is 18.9. The standard InChI is InChI=1S/C19H29N3O2/c1-19(2,3)21-17(23)12-20-18(24)16-10-7-11-22(14-16)13-15-8-5-4-6-9-15/h4-6,8-9,16H,7,10-14H2,1-3H3,(H,20,24)(H,21,23). The minimum absolute atomic E-state index is 0.0168. The fraction of sp³-hybridized carbons (Fsp3) is 0.579. The monoisotopic (exact) mass is 331 g/mol. The van der Waals surface area contributed by atoms with Crippen LogP contribution in [0.5, 0.6) is 0 Å². The maximum atomic E-state index is 12.3. The SMILES string of the molecule is CC(C)(C)NC(=O)CNC(=O)C1CCCN(Cc2ccccc2)C1. The summed E-state index contributed by atoms with van der Waals surface area (Å²) in [6.07, 6.45) is 1.90. The minimum atomic E-state index is -0.279. The van der Waals surface area contributed by atoms with Crippen molar-refractivity contribution in [1.29, 1.82) is 0 Å². The first-order valence-electron chi connectivity index (χ1n) is 8.68. The number of carbonyl (C=O) groups is 2. The second kappa shape index (κ2) is 8.29. The van der Waals surface area contributed by atoms with Crippen molar-refractivity contribution < 1.29 is 9.59 Å². The van der Waals surface area contributed by atoms with Gasteiger partial charge in [-0.3, -0.25) is 14.5 Å². The van der Waals surface area contributed by atoms with Crippen LogP contribution >= 0.6 is 0 Å². The molecule has 0 aliphatic carbocycles. The summed E-state index contributed by atoms with van der Waals surface area (Å²) in [5, 5.41) is 5.64. The number of hydrogen-bond acceptors (Lipinski definition) is 3. The largest absolute Gasteiger partial charge is 0.350 e. The molecule has 24 heavy (non-hydrogen) atoms. The van der Waals surface area contributed by atoms with Gasteiger partial charge in [0.2, 0.25) is 11.8 Å². The Labute approximate surface area is 144 Å². The van der Waals surface area contributed by atoms with Crippen LogP contribution in [0.2, 0.25) is 0 Å². The highest BCUT2D eigenvalue weighted by molar-refractivity contribution is 5.86. The molecule has 0 aromatic heterocycles. The van der Waals surface area contributed by atoms with Crippen molar-refractivity contribution in [3.63, 3.8) is 0 Å². The lowest BCUT2D eigenvalue weighted by atomic mass is 9.96. The molecule has 0 radical (unpaired) electrons. The fourth-order valence-corrected chi connectivity index (χ4v) is 3.03. The summed E-state index contributed by atoms with van der Waals surface area (Å²) in [6, 6.07) is 10.3. The number of nitrogens with one attached hydrogen (secondary N) is 2. The van der Waals surface area contributed by atoms with Gasteiger partial charge in [0.05, 0.1) is 12.5 Å². The molecule has 2 N–H and O–H groups in total. The van der Waals surface area contributed by atoms with Crippen molar-refractivity contribution in [2.75, 3.05) is 19.6 Å². The Hall–Kier alpha value is -1.88. The van der Waals surface area contributed by atoms with E-state index in [2.05, 4.69) is 27.7 Å². The van der Waals surface area contributed by atoms with Gasteiger partial charge in [-0.05, 0) is 45.7 Å². The second-order valence-corrected chi connectivity index (χ2v) is 7.58. The number of rotatable bonds is 5. The Bertz CT molecular complexity index is 551. The number of amides is 2. The second-order valence-electron chi connectivity index (χ2n) is 7.58. The summed E-state index contributed by atoms with van der Waals surface area (Å²) < 4.78 is 0. The smallest absolute Gasteiger partial charge is 0.239 e. The molecule has 5 heteroatoms. The lowest BCUT2D eigenvalue weighted by molar-refractivity contribution is -0.130. The van der Waals surface area contributed by atoms with Crippen molar-refractivity contribution in [3.8, 4) is 0 Å². The van der Waals surface area contributed by atoms with Crippen LogP contribution in [-0.4, -0.2) is 41.9 Å². The first kappa shape index (κ1) is 18.5. The van der Waals surface area contributed by atoms with Gasteiger partial charge in [0.25, 0.3) is 0 Å². The molecule has 2 amide bonds. The van der Waals surface area contributed by atoms with Gasteiger partial charge >= 0.3 is 0 Å². The molecule has 0 spiro atoms. The first-order valence-corrected chi connectivity index (χ1v) is 8.68. The van der Waals surface area contributed by atoms with Crippen LogP contribution in [0.4, 0.5) is 0 Å². The van der Waals surface area contributed by atoms with Crippen LogP contribution in [0.1, 0.15) is 39.2 Å². The van der Waals surface area contributed by atoms with E-state index in [1.807, 2.05) is 39.0 Å². The summed E-state index contributed by atoms with van der Waals surface area (Å²) in [5.41, 5.74) is 0.988. The van der Waals surface area contributed by atoms with Gasteiger partial charge < -0.3 is 10.6 Å². The molecule has 1 aliphatic rings. The molecule has 1 saturated heterocycles. The predicted molar refractivity (Wildman–Crippen MR) is 95.3 cm³/mol. The van der Waals surface area contributed by atoms with Gasteiger partial charge in [-0.15, -0.1) is 0 Å². The molecule has 2 rings (SSSR count). The molecule has 1 atom stereocenters. The number of likely N-dealkylation sites (tertiary alicyclic amines) is 1. The van der Waals surface area contributed by atoms with Crippen molar-refractivity contribution in [3.05, 3.63) is 35.9 Å². The number of hydrogen-bond donors (Lipinski definition) is 2. The minimum Gasteiger partial charge on any atom is -0.350 e. The zero-order chi connectivity index (χ0) is 17.6. The van der Waals surface area contributed by atoms with E-state index >= 15 is 0 Å². The lowest BCUT2D eigenvalue weighted by Gasteiger charge is -2.32. The summed E-state index contributed by atoms with van der Waals surface area (Å²) in [7, 11) is 0. The maximum Gasteiger partial charge on any atom is 0.239 e. The van der Waals surface area contributed by atoms with E-state index in [9.17, 15) is 9.59 Å². The van der Waals surface area contributed by atoms with Crippen molar-refractivity contribution in [2.24, 2.45) is 5.92 Å². The quantitative estimate of drug-likeness (QED) is 0.867. The van der Waals surface area contributed by atoms with Crippen molar-refractivity contribution in [1.82, 2.24) is 15.5 Å². The van der Waals surface area contributed by atoms with E-state index in [0.29, 0.717) is 0 Å². The molecule has 1 unspecified atom stereocenters. The summed E-state index contributed by atoms with van der Waals surface area (Å²) >= 11 is 0. The third-order valence-corrected chi connectivity index (χ3v) is 4.06. The molecule has 1 fully saturated rings. The molecule has 0 bridgehead atoms. The summed E-state index contributed by atoms with van der Waals surface area (Å²) in [4.78, 5) is 26.5. The van der Waals surface area contributed by atoms with Crippen LogP contribution in [0, 0.1) is 5.92 Å². The van der Waals surface area contributed by atoms with Crippen LogP contribution in [0.3, 0.4) is 0 Å². The van der Waals surface area contributed by atoms with Gasteiger partial charge in [-0.2, -0.15) is 0 Å². The molecular formula is C19H29N3O2. The summed E-state index contributed by atoms with van der Waals surface area (Å²) in [6.45, 7) is 8.46. The number of piperidine rings is 1. The molecule has 1 aromatic rings. The zero-order valence-corrected chi connectivity index (χ0v) is 15.0. The molecule has 5 nitrogen and oxygen atoms in total. The third-order valence-electron chi connectivity index (χ3n) is 4.06. The molecule has 1 aromatic carbocycles. The molecule has 132 valence electrons. The molecule has 1 heterocycles. The Morgan fingerprint density at radius 3 is 2.58 bits per heavy atom. The van der Waals surface area contributed by atoms with Crippen LogP contribution in [-0.2, 0) is 16.1 Å². The topological polar surface area (TPSA) is 61.4 Å². The zero-order valence-electron chi connectivity index (χ0n) is 15.0. The van der Waals surface area contributed by atoms with Gasteiger partial charge in [0.1, 0.15) is 0 Å². The maximum absolute atomic E-state index is 12.3. The number of benzene rings is 1. The number of nitrogens with zero attached hydrogens (tertiary/aromatic N) is 1. The first-order chi connectivity index (χ1) is 11.3. The highest BCUT2D eigenvalue weighted by Crippen LogP contribution is 2.18. The van der Waals surface area contributed by atoms with E-state index in [1.54, 1.807) is 0 Å². The van der Waals surface area contributed by atoms with Crippen molar-refractivity contribution >= 4 is 11.8 Å². The summed E-state index contributed by atoms with van der Waals surface area (Å²) in [5.74, 6) is -0.200. The van der Waals surface area contributed by atoms with Crippen LogP contribution in [0.15, 0.2) is 30.3 Å². The van der Waals surface area contributed by atoms with Crippen LogP contribution in [0.25, 0.3) is 0 Å². The van der Waals surface area contributed by atoms with Gasteiger partial charge in [0, 0.05) is 18.6 Å². The van der Waals surface area contributed by atoms with Crippen LogP contribution < -0.4 is 10.6 Å². The average molecular weight is 331 g/mol. The fourth-order valence-electron chi connectivity index (χ4n) is 3.03. The van der Waals surface area contributed by atoms with Gasteiger partial charge in [-0.25, -0.2) is 0 Å². The molecule has 1 aliphatic heterocycles. The van der Waals surface area contributed by atoms with E-state index in [0.717, 1.165) is 32.5 Å². The third kappa shape index (κ3) is 6.32. The number of carbonyl (C=O) groups excluding carboxylic acids is 2.